The van der Waals surface area contributed by atoms with Crippen molar-refractivity contribution < 1.29 is 9.53 Å². The largest absolute Gasteiger partial charge is 0.382 e. The van der Waals surface area contributed by atoms with Crippen molar-refractivity contribution in [1.82, 2.24) is 4.90 Å². The van der Waals surface area contributed by atoms with Crippen molar-refractivity contribution in [2.45, 2.75) is 32.2 Å². The number of anilines is 2. The lowest BCUT2D eigenvalue weighted by Gasteiger charge is -2.32. The van der Waals surface area contributed by atoms with Gasteiger partial charge in [0.15, 0.2) is 0 Å². The van der Waals surface area contributed by atoms with Crippen molar-refractivity contribution in [3.05, 3.63) is 36.4 Å². The van der Waals surface area contributed by atoms with Crippen molar-refractivity contribution in [3.8, 4) is 0 Å². The fourth-order valence-corrected chi connectivity index (χ4v) is 3.82. The SMILES string of the molecule is CCC(CC)(Nc1ccc2ccccc2c1NCCN1CCOCC1)C(N)=O. The number of carbonyl (C=O) groups excluding carboxylic acids is 1. The van der Waals surface area contributed by atoms with Crippen LogP contribution in [-0.4, -0.2) is 55.7 Å². The molecule has 6 nitrogen and oxygen atoms in total. The Bertz CT molecular complexity index is 798. The first-order valence-corrected chi connectivity index (χ1v) is 10.2. The van der Waals surface area contributed by atoms with Gasteiger partial charge in [-0.2, -0.15) is 0 Å². The standard InChI is InChI=1S/C22H32N4O2/c1-3-22(4-2,21(23)27)25-19-10-9-17-7-5-6-8-18(17)20(19)24-11-12-26-13-15-28-16-14-26/h5-10,24-25H,3-4,11-16H2,1-2H3,(H2,23,27). The molecule has 1 fully saturated rings. The topological polar surface area (TPSA) is 79.6 Å². The van der Waals surface area contributed by atoms with Crippen LogP contribution in [0.25, 0.3) is 10.8 Å². The monoisotopic (exact) mass is 384 g/mol. The minimum atomic E-state index is -0.747. The first-order valence-electron chi connectivity index (χ1n) is 10.2. The van der Waals surface area contributed by atoms with Gasteiger partial charge in [0.2, 0.25) is 5.91 Å². The predicted molar refractivity (Wildman–Crippen MR) is 116 cm³/mol. The van der Waals surface area contributed by atoms with E-state index in [9.17, 15) is 4.79 Å². The Hall–Kier alpha value is -2.31. The van der Waals surface area contributed by atoms with Crippen LogP contribution in [0.15, 0.2) is 36.4 Å². The molecular formula is C22H32N4O2. The van der Waals surface area contributed by atoms with Gasteiger partial charge in [-0.3, -0.25) is 9.69 Å². The van der Waals surface area contributed by atoms with Crippen LogP contribution in [-0.2, 0) is 9.53 Å². The Balaban J connectivity index is 1.86. The number of nitrogens with one attached hydrogen (secondary N) is 2. The maximum Gasteiger partial charge on any atom is 0.243 e. The number of nitrogens with zero attached hydrogens (tertiary/aromatic N) is 1. The maximum atomic E-state index is 12.2. The highest BCUT2D eigenvalue weighted by atomic mass is 16.5. The summed E-state index contributed by atoms with van der Waals surface area (Å²) in [5.41, 5.74) is 6.96. The summed E-state index contributed by atoms with van der Waals surface area (Å²) >= 11 is 0. The number of morpholine rings is 1. The maximum absolute atomic E-state index is 12.2. The third-order valence-corrected chi connectivity index (χ3v) is 5.82. The van der Waals surface area contributed by atoms with Gasteiger partial charge in [-0.05, 0) is 24.3 Å². The quantitative estimate of drug-likeness (QED) is 0.619. The summed E-state index contributed by atoms with van der Waals surface area (Å²) in [5.74, 6) is -0.315. The number of hydrogen-bond donors (Lipinski definition) is 3. The average molecular weight is 385 g/mol. The summed E-state index contributed by atoms with van der Waals surface area (Å²) in [5, 5.41) is 9.39. The molecule has 152 valence electrons. The van der Waals surface area contributed by atoms with Crippen LogP contribution >= 0.6 is 0 Å². The number of primary amides is 1. The highest BCUT2D eigenvalue weighted by Crippen LogP contribution is 2.34. The van der Waals surface area contributed by atoms with Gasteiger partial charge in [0.1, 0.15) is 5.54 Å². The van der Waals surface area contributed by atoms with E-state index in [4.69, 9.17) is 10.5 Å². The number of carbonyl (C=O) groups is 1. The number of amides is 1. The van der Waals surface area contributed by atoms with Crippen LogP contribution in [0.4, 0.5) is 11.4 Å². The smallest absolute Gasteiger partial charge is 0.243 e. The molecule has 4 N–H and O–H groups in total. The Kier molecular flexibility index (Phi) is 6.75. The lowest BCUT2D eigenvalue weighted by Crippen LogP contribution is -2.49. The molecule has 6 heteroatoms. The summed E-state index contributed by atoms with van der Waals surface area (Å²) in [7, 11) is 0. The normalized spacial score (nSPS) is 15.5. The van der Waals surface area contributed by atoms with Gasteiger partial charge in [0, 0.05) is 31.6 Å². The molecule has 1 amide bonds. The zero-order valence-corrected chi connectivity index (χ0v) is 17.0. The highest BCUT2D eigenvalue weighted by Gasteiger charge is 2.33. The Morgan fingerprint density at radius 3 is 2.54 bits per heavy atom. The average Bonchev–Trinajstić information content (AvgIpc) is 2.73. The van der Waals surface area contributed by atoms with Crippen LogP contribution < -0.4 is 16.4 Å². The van der Waals surface area contributed by atoms with E-state index in [-0.39, 0.29) is 5.91 Å². The van der Waals surface area contributed by atoms with E-state index in [2.05, 4.69) is 33.7 Å². The molecule has 2 aromatic rings. The van der Waals surface area contributed by atoms with Crippen molar-refractivity contribution >= 4 is 28.1 Å². The Labute approximate surface area is 167 Å². The number of fused-ring (bicyclic) bond motifs is 1. The van der Waals surface area contributed by atoms with Gasteiger partial charge in [-0.1, -0.05) is 44.2 Å². The molecule has 0 aliphatic carbocycles. The molecule has 1 aliphatic rings. The first-order chi connectivity index (χ1) is 13.6. The van der Waals surface area contributed by atoms with Gasteiger partial charge < -0.3 is 21.1 Å². The summed E-state index contributed by atoms with van der Waals surface area (Å²) in [6.07, 6.45) is 1.28. The molecule has 1 aliphatic heterocycles. The minimum Gasteiger partial charge on any atom is -0.382 e. The molecule has 28 heavy (non-hydrogen) atoms. The van der Waals surface area contributed by atoms with Gasteiger partial charge >= 0.3 is 0 Å². The van der Waals surface area contributed by atoms with Crippen LogP contribution in [0.3, 0.4) is 0 Å². The molecule has 0 radical (unpaired) electrons. The molecule has 0 bridgehead atoms. The second-order valence-electron chi connectivity index (χ2n) is 7.37. The second-order valence-corrected chi connectivity index (χ2v) is 7.37. The van der Waals surface area contributed by atoms with E-state index in [0.717, 1.165) is 56.2 Å². The van der Waals surface area contributed by atoms with Crippen molar-refractivity contribution in [3.63, 3.8) is 0 Å². The molecule has 3 rings (SSSR count). The number of hydrogen-bond acceptors (Lipinski definition) is 5. The third kappa shape index (κ3) is 4.39. The van der Waals surface area contributed by atoms with E-state index in [0.29, 0.717) is 12.8 Å². The van der Waals surface area contributed by atoms with E-state index >= 15 is 0 Å². The van der Waals surface area contributed by atoms with Gasteiger partial charge in [0.25, 0.3) is 0 Å². The predicted octanol–water partition coefficient (Wildman–Crippen LogP) is 3.04. The summed E-state index contributed by atoms with van der Waals surface area (Å²) in [6.45, 7) is 9.31. The molecular weight excluding hydrogens is 352 g/mol. The van der Waals surface area contributed by atoms with E-state index in [1.54, 1.807) is 0 Å². The summed E-state index contributed by atoms with van der Waals surface area (Å²) < 4.78 is 5.43. The zero-order valence-electron chi connectivity index (χ0n) is 17.0. The summed E-state index contributed by atoms with van der Waals surface area (Å²) in [4.78, 5) is 14.6. The molecule has 0 saturated carbocycles. The number of nitrogens with two attached hydrogens (primary N) is 1. The van der Waals surface area contributed by atoms with Crippen LogP contribution in [0.2, 0.25) is 0 Å². The Morgan fingerprint density at radius 1 is 1.14 bits per heavy atom. The van der Waals surface area contributed by atoms with Crippen molar-refractivity contribution in [1.29, 1.82) is 0 Å². The van der Waals surface area contributed by atoms with E-state index in [1.807, 2.05) is 32.0 Å². The molecule has 0 atom stereocenters. The fraction of sp³-hybridized carbons (Fsp3) is 0.500. The molecule has 1 heterocycles. The molecule has 1 saturated heterocycles. The molecule has 0 aromatic heterocycles. The third-order valence-electron chi connectivity index (χ3n) is 5.82. The van der Waals surface area contributed by atoms with Gasteiger partial charge in [0.05, 0.1) is 24.6 Å². The number of benzene rings is 2. The minimum absolute atomic E-state index is 0.315. The van der Waals surface area contributed by atoms with Crippen molar-refractivity contribution in [2.24, 2.45) is 5.73 Å². The number of ether oxygens (including phenoxy) is 1. The lowest BCUT2D eigenvalue weighted by molar-refractivity contribution is -0.122. The molecule has 2 aromatic carbocycles. The van der Waals surface area contributed by atoms with Gasteiger partial charge in [-0.15, -0.1) is 0 Å². The van der Waals surface area contributed by atoms with E-state index < -0.39 is 5.54 Å². The number of rotatable bonds is 9. The highest BCUT2D eigenvalue weighted by molar-refractivity contribution is 6.01. The van der Waals surface area contributed by atoms with E-state index in [1.165, 1.54) is 5.39 Å². The van der Waals surface area contributed by atoms with Crippen molar-refractivity contribution in [2.75, 3.05) is 50.0 Å². The second kappa shape index (κ2) is 9.26. The lowest BCUT2D eigenvalue weighted by atomic mass is 9.91. The zero-order chi connectivity index (χ0) is 20.0. The van der Waals surface area contributed by atoms with Crippen LogP contribution in [0, 0.1) is 0 Å². The van der Waals surface area contributed by atoms with Crippen LogP contribution in [0.1, 0.15) is 26.7 Å². The molecule has 0 spiro atoms. The fourth-order valence-electron chi connectivity index (χ4n) is 3.82. The Morgan fingerprint density at radius 2 is 1.86 bits per heavy atom. The van der Waals surface area contributed by atoms with Gasteiger partial charge in [-0.25, -0.2) is 0 Å². The van der Waals surface area contributed by atoms with Crippen LogP contribution in [0.5, 0.6) is 0 Å². The first kappa shape index (κ1) is 20.4. The summed E-state index contributed by atoms with van der Waals surface area (Å²) in [6, 6.07) is 12.4. The molecule has 0 unspecified atom stereocenters.